The first-order chi connectivity index (χ1) is 9.08. The van der Waals surface area contributed by atoms with Crippen molar-refractivity contribution in [1.82, 2.24) is 15.1 Å². The molecule has 1 aliphatic rings. The molecule has 1 aliphatic heterocycles. The Kier molecular flexibility index (Phi) is 7.34. The number of likely N-dealkylation sites (N-methyl/N-ethyl adjacent to an activating group) is 1. The molecule has 1 rings (SSSR count). The van der Waals surface area contributed by atoms with E-state index in [0.29, 0.717) is 12.6 Å². The summed E-state index contributed by atoms with van der Waals surface area (Å²) < 4.78 is 0. The lowest BCUT2D eigenvalue weighted by atomic mass is 10.0. The number of hydrogen-bond acceptors (Lipinski definition) is 4. The summed E-state index contributed by atoms with van der Waals surface area (Å²) in [7, 11) is 2.11. The van der Waals surface area contributed by atoms with Crippen molar-refractivity contribution in [3.8, 4) is 0 Å². The number of nitrogens with one attached hydrogen (secondary N) is 1. The fraction of sp³-hybridized carbons (Fsp3) is 0.929. The predicted molar refractivity (Wildman–Crippen MR) is 79.0 cm³/mol. The zero-order chi connectivity index (χ0) is 14.3. The Morgan fingerprint density at radius 1 is 1.42 bits per heavy atom. The van der Waals surface area contributed by atoms with Crippen molar-refractivity contribution in [3.63, 3.8) is 0 Å². The first-order valence-electron chi connectivity index (χ1n) is 7.53. The Bertz CT molecular complexity index is 264. The molecule has 112 valence electrons. The molecule has 5 nitrogen and oxygen atoms in total. The highest BCUT2D eigenvalue weighted by molar-refractivity contribution is 5.80. The van der Waals surface area contributed by atoms with Gasteiger partial charge < -0.3 is 20.9 Å². The van der Waals surface area contributed by atoms with Crippen LogP contribution in [0.5, 0.6) is 0 Å². The number of rotatable bonds is 8. The zero-order valence-corrected chi connectivity index (χ0v) is 12.7. The van der Waals surface area contributed by atoms with E-state index in [4.69, 9.17) is 5.73 Å². The molecule has 19 heavy (non-hydrogen) atoms. The monoisotopic (exact) mass is 270 g/mol. The Morgan fingerprint density at radius 3 is 2.53 bits per heavy atom. The summed E-state index contributed by atoms with van der Waals surface area (Å²) in [6.45, 7) is 9.32. The maximum absolute atomic E-state index is 11.4. The summed E-state index contributed by atoms with van der Waals surface area (Å²) in [6.07, 6.45) is 3.38. The molecule has 1 fully saturated rings. The highest BCUT2D eigenvalue weighted by Gasteiger charge is 2.25. The summed E-state index contributed by atoms with van der Waals surface area (Å²) in [6, 6.07) is 0.349. The molecule has 0 aromatic heterocycles. The third-order valence-corrected chi connectivity index (χ3v) is 4.08. The van der Waals surface area contributed by atoms with Gasteiger partial charge in [-0.15, -0.1) is 0 Å². The minimum Gasteiger partial charge on any atom is -0.368 e. The number of hydrogen-bond donors (Lipinski definition) is 2. The molecule has 0 spiro atoms. The molecule has 3 N–H and O–H groups in total. The number of amides is 1. The van der Waals surface area contributed by atoms with Crippen LogP contribution in [-0.2, 0) is 4.79 Å². The van der Waals surface area contributed by atoms with Crippen LogP contribution in [-0.4, -0.2) is 67.6 Å². The fourth-order valence-electron chi connectivity index (χ4n) is 2.69. The molecule has 1 heterocycles. The van der Waals surface area contributed by atoms with Gasteiger partial charge in [-0.25, -0.2) is 0 Å². The Morgan fingerprint density at radius 2 is 2.05 bits per heavy atom. The zero-order valence-electron chi connectivity index (χ0n) is 12.7. The second kappa shape index (κ2) is 8.51. The highest BCUT2D eigenvalue weighted by Crippen LogP contribution is 2.15. The third kappa shape index (κ3) is 5.47. The Hall–Kier alpha value is -0.650. The standard InChI is InChI=1S/C14H30N4O/c1-4-8-16-13(14(15)19)11-17(3)12-6-9-18(5-2)10-7-12/h12-13,16H,4-11H2,1-3H3,(H2,15,19). The molecular formula is C14H30N4O. The molecule has 0 aliphatic carbocycles. The van der Waals surface area contributed by atoms with Crippen LogP contribution >= 0.6 is 0 Å². The molecule has 1 saturated heterocycles. The van der Waals surface area contributed by atoms with E-state index in [-0.39, 0.29) is 11.9 Å². The minimum atomic E-state index is -0.244. The molecule has 0 radical (unpaired) electrons. The molecule has 1 unspecified atom stereocenters. The lowest BCUT2D eigenvalue weighted by Crippen LogP contribution is -2.52. The topological polar surface area (TPSA) is 61.6 Å². The first-order valence-corrected chi connectivity index (χ1v) is 7.53. The molecule has 1 atom stereocenters. The summed E-state index contributed by atoms with van der Waals surface area (Å²) in [4.78, 5) is 16.2. The summed E-state index contributed by atoms with van der Waals surface area (Å²) >= 11 is 0. The van der Waals surface area contributed by atoms with Crippen molar-refractivity contribution < 1.29 is 4.79 Å². The van der Waals surface area contributed by atoms with Crippen LogP contribution in [0, 0.1) is 0 Å². The molecule has 0 saturated carbocycles. The van der Waals surface area contributed by atoms with Gasteiger partial charge in [-0.2, -0.15) is 0 Å². The number of piperidine rings is 1. The lowest BCUT2D eigenvalue weighted by Gasteiger charge is -2.37. The van der Waals surface area contributed by atoms with Crippen molar-refractivity contribution in [1.29, 1.82) is 0 Å². The van der Waals surface area contributed by atoms with E-state index in [9.17, 15) is 4.79 Å². The van der Waals surface area contributed by atoms with Gasteiger partial charge in [0, 0.05) is 12.6 Å². The van der Waals surface area contributed by atoms with E-state index >= 15 is 0 Å². The van der Waals surface area contributed by atoms with E-state index in [1.165, 1.54) is 12.8 Å². The third-order valence-electron chi connectivity index (χ3n) is 4.08. The Balaban J connectivity index is 2.39. The average Bonchev–Trinajstić information content (AvgIpc) is 2.43. The van der Waals surface area contributed by atoms with Gasteiger partial charge in [0.05, 0.1) is 6.04 Å². The quantitative estimate of drug-likeness (QED) is 0.664. The van der Waals surface area contributed by atoms with Gasteiger partial charge in [0.15, 0.2) is 0 Å². The van der Waals surface area contributed by atoms with Crippen LogP contribution in [0.2, 0.25) is 0 Å². The van der Waals surface area contributed by atoms with Crippen molar-refractivity contribution in [2.24, 2.45) is 5.73 Å². The van der Waals surface area contributed by atoms with Crippen LogP contribution in [0.4, 0.5) is 0 Å². The van der Waals surface area contributed by atoms with Gasteiger partial charge in [-0.05, 0) is 52.5 Å². The summed E-state index contributed by atoms with van der Waals surface area (Å²) in [5.74, 6) is -0.244. The maximum atomic E-state index is 11.4. The number of carbonyl (C=O) groups excluding carboxylic acids is 1. The lowest BCUT2D eigenvalue weighted by molar-refractivity contribution is -0.120. The van der Waals surface area contributed by atoms with Crippen molar-refractivity contribution >= 4 is 5.91 Å². The van der Waals surface area contributed by atoms with Crippen LogP contribution in [0.25, 0.3) is 0 Å². The van der Waals surface area contributed by atoms with Gasteiger partial charge in [0.2, 0.25) is 5.91 Å². The van der Waals surface area contributed by atoms with Crippen LogP contribution in [0.3, 0.4) is 0 Å². The van der Waals surface area contributed by atoms with E-state index in [1.54, 1.807) is 0 Å². The fourth-order valence-corrected chi connectivity index (χ4v) is 2.69. The molecular weight excluding hydrogens is 240 g/mol. The second-order valence-corrected chi connectivity index (χ2v) is 5.51. The maximum Gasteiger partial charge on any atom is 0.235 e. The Labute approximate surface area is 117 Å². The first kappa shape index (κ1) is 16.4. The molecule has 0 aromatic rings. The van der Waals surface area contributed by atoms with E-state index in [0.717, 1.165) is 32.6 Å². The van der Waals surface area contributed by atoms with Crippen LogP contribution in [0.15, 0.2) is 0 Å². The average molecular weight is 270 g/mol. The SMILES string of the molecule is CCCNC(CN(C)C1CCN(CC)CC1)C(N)=O. The number of carbonyl (C=O) groups is 1. The van der Waals surface area contributed by atoms with Gasteiger partial charge in [0.1, 0.15) is 0 Å². The molecule has 0 aromatic carbocycles. The predicted octanol–water partition coefficient (Wildman–Crippen LogP) is 0.256. The van der Waals surface area contributed by atoms with E-state index in [1.807, 2.05) is 0 Å². The molecule has 5 heteroatoms. The van der Waals surface area contributed by atoms with Gasteiger partial charge in [-0.1, -0.05) is 13.8 Å². The summed E-state index contributed by atoms with van der Waals surface area (Å²) in [5, 5.41) is 3.23. The number of likely N-dealkylation sites (tertiary alicyclic amines) is 1. The normalized spacial score (nSPS) is 19.8. The van der Waals surface area contributed by atoms with Crippen molar-refractivity contribution in [2.75, 3.05) is 39.8 Å². The largest absolute Gasteiger partial charge is 0.368 e. The summed E-state index contributed by atoms with van der Waals surface area (Å²) in [5.41, 5.74) is 5.46. The highest BCUT2D eigenvalue weighted by atomic mass is 16.1. The van der Waals surface area contributed by atoms with Gasteiger partial charge >= 0.3 is 0 Å². The van der Waals surface area contributed by atoms with Crippen molar-refractivity contribution in [3.05, 3.63) is 0 Å². The van der Waals surface area contributed by atoms with E-state index < -0.39 is 0 Å². The minimum absolute atomic E-state index is 0.228. The molecule has 1 amide bonds. The smallest absolute Gasteiger partial charge is 0.235 e. The van der Waals surface area contributed by atoms with Gasteiger partial charge in [0.25, 0.3) is 0 Å². The number of nitrogens with two attached hydrogens (primary N) is 1. The number of primary amides is 1. The van der Waals surface area contributed by atoms with Crippen molar-refractivity contribution in [2.45, 2.75) is 45.2 Å². The number of nitrogens with zero attached hydrogens (tertiary/aromatic N) is 2. The second-order valence-electron chi connectivity index (χ2n) is 5.51. The van der Waals surface area contributed by atoms with Crippen LogP contribution < -0.4 is 11.1 Å². The molecule has 0 bridgehead atoms. The van der Waals surface area contributed by atoms with E-state index in [2.05, 4.69) is 36.0 Å². The van der Waals surface area contributed by atoms with Gasteiger partial charge in [-0.3, -0.25) is 4.79 Å². The van der Waals surface area contributed by atoms with Crippen LogP contribution in [0.1, 0.15) is 33.1 Å².